The van der Waals surface area contributed by atoms with Crippen LogP contribution in [0.1, 0.15) is 11.5 Å². The van der Waals surface area contributed by atoms with Crippen LogP contribution in [0.4, 0.5) is 22.0 Å². The van der Waals surface area contributed by atoms with Crippen LogP contribution in [0, 0.1) is 0 Å². The van der Waals surface area contributed by atoms with E-state index in [0.717, 1.165) is 23.9 Å². The summed E-state index contributed by atoms with van der Waals surface area (Å²) in [6.45, 7) is 0. The second-order valence-electron chi connectivity index (χ2n) is 5.19. The number of halogens is 7. The molecule has 0 aliphatic heterocycles. The van der Waals surface area contributed by atoms with Crippen LogP contribution in [0.25, 0.3) is 11.4 Å². The molecule has 1 heterocycles. The van der Waals surface area contributed by atoms with Gasteiger partial charge in [0.25, 0.3) is 0 Å². The summed E-state index contributed by atoms with van der Waals surface area (Å²) in [7, 11) is 0. The minimum atomic E-state index is -4.49. The highest BCUT2D eigenvalue weighted by atomic mass is 35.5. The van der Waals surface area contributed by atoms with E-state index in [1.54, 1.807) is 24.3 Å². The quantitative estimate of drug-likeness (QED) is 0.328. The summed E-state index contributed by atoms with van der Waals surface area (Å²) in [6.07, 6.45) is -4.49. The lowest BCUT2D eigenvalue weighted by atomic mass is 10.2. The summed E-state index contributed by atoms with van der Waals surface area (Å²) in [5, 5.41) is -0.406. The molecule has 0 bridgehead atoms. The molecular weight excluding hydrogens is 434 g/mol. The van der Waals surface area contributed by atoms with Crippen molar-refractivity contribution < 1.29 is 26.5 Å². The van der Waals surface area contributed by atoms with Gasteiger partial charge in [-0.15, -0.1) is 0 Å². The molecule has 0 atom stereocenters. The first-order valence-electron chi connectivity index (χ1n) is 7.10. The standard InChI is InChI=1S/C16H7Cl2F5N2OS/c17-11-7-9(16(21,22)23)4-5-12(11)27-10-3-1-2-8(6-10)13-24-14(26-25-13)15(18,19)20/h1-7H. The smallest absolute Gasteiger partial charge is 0.331 e. The predicted molar refractivity (Wildman–Crippen MR) is 90.1 cm³/mol. The first-order chi connectivity index (χ1) is 12.5. The summed E-state index contributed by atoms with van der Waals surface area (Å²) in [6, 6.07) is 9.39. The Balaban J connectivity index is 1.85. The first-order valence-corrected chi connectivity index (χ1v) is 8.67. The lowest BCUT2D eigenvalue weighted by Crippen LogP contribution is -2.04. The number of rotatable bonds is 4. The fourth-order valence-electron chi connectivity index (χ4n) is 2.04. The minimum absolute atomic E-state index is 0.0659. The summed E-state index contributed by atoms with van der Waals surface area (Å²) in [4.78, 5) is 4.51. The Hall–Kier alpha value is -1.84. The van der Waals surface area contributed by atoms with Crippen molar-refractivity contribution in [2.24, 2.45) is 0 Å². The van der Waals surface area contributed by atoms with Gasteiger partial charge in [-0.2, -0.15) is 26.9 Å². The van der Waals surface area contributed by atoms with Gasteiger partial charge in [0, 0.05) is 15.4 Å². The number of alkyl halides is 6. The molecule has 0 radical (unpaired) electrons. The van der Waals surface area contributed by atoms with E-state index in [2.05, 4.69) is 14.7 Å². The third-order valence-corrected chi connectivity index (χ3v) is 4.90. The normalized spacial score (nSPS) is 12.4. The zero-order valence-electron chi connectivity index (χ0n) is 12.9. The molecule has 0 N–H and O–H groups in total. The molecule has 0 fully saturated rings. The van der Waals surface area contributed by atoms with Crippen LogP contribution in [0.2, 0.25) is 5.02 Å². The Kier molecular flexibility index (Phi) is 5.38. The minimum Gasteiger partial charge on any atom is -0.331 e. The fraction of sp³-hybridized carbons (Fsp3) is 0.125. The Bertz CT molecular complexity index is 972. The zero-order chi connectivity index (χ0) is 19.8. The van der Waals surface area contributed by atoms with E-state index in [1.165, 1.54) is 6.07 Å². The van der Waals surface area contributed by atoms with Crippen LogP contribution in [0.15, 0.2) is 56.8 Å². The van der Waals surface area contributed by atoms with Gasteiger partial charge >= 0.3 is 17.4 Å². The third-order valence-electron chi connectivity index (χ3n) is 3.25. The van der Waals surface area contributed by atoms with E-state index < -0.39 is 23.0 Å². The van der Waals surface area contributed by atoms with Crippen LogP contribution < -0.4 is 0 Å². The highest BCUT2D eigenvalue weighted by Gasteiger charge is 2.35. The van der Waals surface area contributed by atoms with Gasteiger partial charge in [-0.25, -0.2) is 0 Å². The van der Waals surface area contributed by atoms with Crippen LogP contribution in [0.3, 0.4) is 0 Å². The molecule has 142 valence electrons. The molecule has 0 saturated carbocycles. The molecule has 0 aliphatic rings. The monoisotopic (exact) mass is 440 g/mol. The van der Waals surface area contributed by atoms with E-state index in [-0.39, 0.29) is 10.8 Å². The first kappa shape index (κ1) is 19.9. The number of benzene rings is 2. The van der Waals surface area contributed by atoms with Gasteiger partial charge in [0.15, 0.2) is 0 Å². The molecule has 0 unspecified atom stereocenters. The van der Waals surface area contributed by atoms with Gasteiger partial charge < -0.3 is 4.52 Å². The van der Waals surface area contributed by atoms with Crippen molar-refractivity contribution >= 4 is 35.0 Å². The van der Waals surface area contributed by atoms with Gasteiger partial charge in [0.1, 0.15) is 0 Å². The van der Waals surface area contributed by atoms with Crippen LogP contribution in [-0.4, -0.2) is 10.1 Å². The fourth-order valence-corrected chi connectivity index (χ4v) is 3.29. The van der Waals surface area contributed by atoms with Crippen molar-refractivity contribution in [1.29, 1.82) is 0 Å². The van der Waals surface area contributed by atoms with Crippen molar-refractivity contribution in [2.45, 2.75) is 21.3 Å². The van der Waals surface area contributed by atoms with E-state index in [0.29, 0.717) is 15.4 Å². The van der Waals surface area contributed by atoms with Crippen molar-refractivity contribution in [2.75, 3.05) is 0 Å². The average molecular weight is 441 g/mol. The van der Waals surface area contributed by atoms with Crippen molar-refractivity contribution in [3.05, 3.63) is 58.9 Å². The Morgan fingerprint density at radius 3 is 2.33 bits per heavy atom. The van der Waals surface area contributed by atoms with E-state index in [4.69, 9.17) is 23.2 Å². The maximum atomic E-state index is 13.0. The summed E-state index contributed by atoms with van der Waals surface area (Å²) in [5.74, 6) is -1.14. The van der Waals surface area contributed by atoms with Crippen molar-refractivity contribution in [1.82, 2.24) is 10.1 Å². The highest BCUT2D eigenvalue weighted by Crippen LogP contribution is 2.39. The third kappa shape index (κ3) is 4.72. The highest BCUT2D eigenvalue weighted by molar-refractivity contribution is 7.99. The Morgan fingerprint density at radius 2 is 1.74 bits per heavy atom. The zero-order valence-corrected chi connectivity index (χ0v) is 15.2. The van der Waals surface area contributed by atoms with E-state index in [9.17, 15) is 22.0 Å². The molecular formula is C16H7Cl2F5N2OS. The van der Waals surface area contributed by atoms with Crippen LogP contribution in [0.5, 0.6) is 0 Å². The summed E-state index contributed by atoms with van der Waals surface area (Å²) in [5.41, 5.74) is -0.495. The van der Waals surface area contributed by atoms with E-state index in [1.807, 2.05) is 0 Å². The second-order valence-corrected chi connectivity index (χ2v) is 7.19. The molecule has 2 aromatic carbocycles. The summed E-state index contributed by atoms with van der Waals surface area (Å²) >= 11 is 11.9. The Morgan fingerprint density at radius 1 is 1.00 bits per heavy atom. The van der Waals surface area contributed by atoms with Crippen LogP contribution >= 0.6 is 35.0 Å². The molecule has 0 aliphatic carbocycles. The lowest BCUT2D eigenvalue weighted by molar-refractivity contribution is -0.137. The average Bonchev–Trinajstić information content (AvgIpc) is 3.06. The molecule has 0 amide bonds. The molecule has 27 heavy (non-hydrogen) atoms. The van der Waals surface area contributed by atoms with Gasteiger partial charge in [-0.1, -0.05) is 40.7 Å². The molecule has 3 nitrogen and oxygen atoms in total. The lowest BCUT2D eigenvalue weighted by Gasteiger charge is -2.10. The SMILES string of the molecule is FC(F)(F)c1ccc(Sc2cccc(-c3noc(C(F)(F)Cl)n3)c2)c(Cl)c1. The predicted octanol–water partition coefficient (Wildman–Crippen LogP) is 6.85. The molecule has 1 aromatic heterocycles. The number of hydrogen-bond acceptors (Lipinski definition) is 4. The van der Waals surface area contributed by atoms with Crippen LogP contribution in [-0.2, 0) is 11.6 Å². The Labute approximate surface area is 163 Å². The molecule has 0 spiro atoms. The van der Waals surface area contributed by atoms with Crippen molar-refractivity contribution in [3.63, 3.8) is 0 Å². The number of aromatic nitrogens is 2. The second kappa shape index (κ2) is 7.29. The summed E-state index contributed by atoms with van der Waals surface area (Å²) < 4.78 is 68.5. The molecule has 3 rings (SSSR count). The molecule has 11 heteroatoms. The van der Waals surface area contributed by atoms with Gasteiger partial charge in [0.05, 0.1) is 10.6 Å². The molecule has 0 saturated heterocycles. The maximum absolute atomic E-state index is 13.0. The van der Waals surface area contributed by atoms with Crippen molar-refractivity contribution in [3.8, 4) is 11.4 Å². The molecule has 3 aromatic rings. The van der Waals surface area contributed by atoms with Gasteiger partial charge in [0.2, 0.25) is 5.82 Å². The maximum Gasteiger partial charge on any atom is 0.416 e. The van der Waals surface area contributed by atoms with Gasteiger partial charge in [-0.05, 0) is 41.9 Å². The number of hydrogen-bond donors (Lipinski definition) is 0. The topological polar surface area (TPSA) is 38.9 Å². The number of nitrogens with zero attached hydrogens (tertiary/aromatic N) is 2. The largest absolute Gasteiger partial charge is 0.416 e. The van der Waals surface area contributed by atoms with E-state index >= 15 is 0 Å². The van der Waals surface area contributed by atoms with Gasteiger partial charge in [-0.3, -0.25) is 0 Å².